The summed E-state index contributed by atoms with van der Waals surface area (Å²) >= 11 is 6.14. The molecule has 0 fully saturated rings. The average molecular weight is 499 g/mol. The highest BCUT2D eigenvalue weighted by atomic mass is 35.5. The molecule has 0 aliphatic rings. The van der Waals surface area contributed by atoms with Gasteiger partial charge in [0.1, 0.15) is 22.5 Å². The van der Waals surface area contributed by atoms with Crippen molar-refractivity contribution in [2.24, 2.45) is 0 Å². The van der Waals surface area contributed by atoms with Gasteiger partial charge in [-0.15, -0.1) is 0 Å². The lowest BCUT2D eigenvalue weighted by atomic mass is 9.86. The van der Waals surface area contributed by atoms with Crippen molar-refractivity contribution in [1.82, 2.24) is 0 Å². The fraction of sp³-hybridized carbons (Fsp3) is 0.120. The van der Waals surface area contributed by atoms with E-state index in [-0.39, 0.29) is 23.1 Å². The molecule has 0 unspecified atom stereocenters. The van der Waals surface area contributed by atoms with E-state index >= 15 is 0 Å². The summed E-state index contributed by atoms with van der Waals surface area (Å²) < 4.78 is 10.7. The number of aromatic hydroxyl groups is 5. The lowest BCUT2D eigenvalue weighted by Crippen LogP contribution is -2.12. The van der Waals surface area contributed by atoms with E-state index in [0.717, 1.165) is 18.2 Å². The number of fused-ring (bicyclic) bond motifs is 1. The Morgan fingerprint density at radius 1 is 0.971 bits per heavy atom. The average Bonchev–Trinajstić information content (AvgIpc) is 2.81. The van der Waals surface area contributed by atoms with Crippen molar-refractivity contribution in [1.29, 1.82) is 0 Å². The Morgan fingerprint density at radius 2 is 1.71 bits per heavy atom. The van der Waals surface area contributed by atoms with Gasteiger partial charge in [-0.3, -0.25) is 9.59 Å². The van der Waals surface area contributed by atoms with Crippen LogP contribution in [0.15, 0.2) is 57.7 Å². The highest BCUT2D eigenvalue weighted by Gasteiger charge is 2.30. The van der Waals surface area contributed by atoms with Gasteiger partial charge in [0.25, 0.3) is 0 Å². The van der Waals surface area contributed by atoms with E-state index in [1.807, 2.05) is 0 Å². The molecule has 0 aliphatic heterocycles. The van der Waals surface area contributed by atoms with E-state index in [2.05, 4.69) is 0 Å². The van der Waals surface area contributed by atoms with Crippen LogP contribution >= 0.6 is 11.6 Å². The molecule has 9 nitrogen and oxygen atoms in total. The van der Waals surface area contributed by atoms with E-state index in [1.54, 1.807) is 24.3 Å². The molecule has 180 valence electrons. The summed E-state index contributed by atoms with van der Waals surface area (Å²) in [5, 5.41) is 51.2. The topological polar surface area (TPSA) is 158 Å². The minimum atomic E-state index is -1.02. The fourth-order valence-corrected chi connectivity index (χ4v) is 4.10. The molecule has 4 rings (SSSR count). The fourth-order valence-electron chi connectivity index (χ4n) is 3.90. The van der Waals surface area contributed by atoms with Crippen LogP contribution in [0.5, 0.6) is 28.7 Å². The first-order valence-corrected chi connectivity index (χ1v) is 10.6. The molecule has 0 saturated carbocycles. The highest BCUT2D eigenvalue weighted by molar-refractivity contribution is 6.30. The normalized spacial score (nSPS) is 11.9. The lowest BCUT2D eigenvalue weighted by Gasteiger charge is -2.20. The van der Waals surface area contributed by atoms with Crippen LogP contribution in [0, 0.1) is 0 Å². The number of esters is 1. The Hall–Kier alpha value is -4.37. The monoisotopic (exact) mass is 498 g/mol. The van der Waals surface area contributed by atoms with Crippen LogP contribution in [0.4, 0.5) is 0 Å². The van der Waals surface area contributed by atoms with Gasteiger partial charge in [-0.05, 0) is 35.9 Å². The summed E-state index contributed by atoms with van der Waals surface area (Å²) in [5.74, 6) is -4.96. The predicted molar refractivity (Wildman–Crippen MR) is 126 cm³/mol. The Labute approximate surface area is 202 Å². The molecule has 4 aromatic rings. The molecule has 1 heterocycles. The van der Waals surface area contributed by atoms with Gasteiger partial charge in [-0.25, -0.2) is 0 Å². The van der Waals surface area contributed by atoms with E-state index in [0.29, 0.717) is 10.6 Å². The Balaban J connectivity index is 2.09. The Bertz CT molecular complexity index is 1520. The van der Waals surface area contributed by atoms with Crippen molar-refractivity contribution < 1.29 is 39.5 Å². The largest absolute Gasteiger partial charge is 0.507 e. The first kappa shape index (κ1) is 23.8. The van der Waals surface area contributed by atoms with Gasteiger partial charge < -0.3 is 34.7 Å². The van der Waals surface area contributed by atoms with Gasteiger partial charge in [0, 0.05) is 28.1 Å². The molecule has 35 heavy (non-hydrogen) atoms. The van der Waals surface area contributed by atoms with Crippen molar-refractivity contribution in [2.45, 2.75) is 12.3 Å². The summed E-state index contributed by atoms with van der Waals surface area (Å²) in [6.07, 6.45) is -0.288. The standard InChI is InChI=1S/C25H19ClO9/c1-34-19(31)9-14(11-3-2-4-13(26)7-11)20-17(29)10-18(30)21-22(32)23(33)24(35-25(20)21)12-5-6-15(27)16(28)8-12/h2-8,10,14,27-30,33H,9H2,1H3/t14-/m1/s1. The zero-order valence-corrected chi connectivity index (χ0v) is 18.9. The smallest absolute Gasteiger partial charge is 0.306 e. The van der Waals surface area contributed by atoms with E-state index in [4.69, 9.17) is 20.8 Å². The summed E-state index contributed by atoms with van der Waals surface area (Å²) in [5.41, 5.74) is -0.855. The summed E-state index contributed by atoms with van der Waals surface area (Å²) in [7, 11) is 1.19. The van der Waals surface area contributed by atoms with Gasteiger partial charge in [0.2, 0.25) is 11.2 Å². The number of methoxy groups -OCH3 is 1. The molecule has 0 aliphatic carbocycles. The molecule has 5 N–H and O–H groups in total. The molecule has 0 saturated heterocycles. The molecule has 0 radical (unpaired) electrons. The second-order valence-electron chi connectivity index (χ2n) is 7.73. The number of benzene rings is 3. The predicted octanol–water partition coefficient (Wildman–Crippen LogP) is 4.34. The number of carbonyl (C=O) groups excluding carboxylic acids is 1. The number of carbonyl (C=O) groups is 1. The third-order valence-corrected chi connectivity index (χ3v) is 5.81. The number of halogens is 1. The first-order valence-electron chi connectivity index (χ1n) is 10.2. The maximum Gasteiger partial charge on any atom is 0.306 e. The third kappa shape index (κ3) is 4.29. The number of ether oxygens (including phenoxy) is 1. The molecular weight excluding hydrogens is 480 g/mol. The molecule has 10 heteroatoms. The van der Waals surface area contributed by atoms with Crippen molar-refractivity contribution in [2.75, 3.05) is 7.11 Å². The molecule has 0 amide bonds. The van der Waals surface area contributed by atoms with Gasteiger partial charge in [-0.1, -0.05) is 23.7 Å². The highest BCUT2D eigenvalue weighted by Crippen LogP contribution is 2.45. The Kier molecular flexibility index (Phi) is 6.19. The SMILES string of the molecule is COC(=O)C[C@H](c1cccc(Cl)c1)c1c(O)cc(O)c2c(=O)c(O)c(-c3ccc(O)c(O)c3)oc12. The van der Waals surface area contributed by atoms with Crippen LogP contribution in [0.1, 0.15) is 23.5 Å². The number of hydrogen-bond donors (Lipinski definition) is 5. The molecule has 0 bridgehead atoms. The summed E-state index contributed by atoms with van der Waals surface area (Å²) in [6.45, 7) is 0. The van der Waals surface area contributed by atoms with Crippen molar-refractivity contribution >= 4 is 28.5 Å². The zero-order valence-electron chi connectivity index (χ0n) is 18.2. The Morgan fingerprint density at radius 3 is 2.37 bits per heavy atom. The van der Waals surface area contributed by atoms with E-state index < -0.39 is 57.2 Å². The number of phenols is 4. The molecule has 3 aromatic carbocycles. The second-order valence-corrected chi connectivity index (χ2v) is 8.17. The van der Waals surface area contributed by atoms with Gasteiger partial charge in [0.05, 0.1) is 13.5 Å². The van der Waals surface area contributed by atoms with Crippen molar-refractivity contribution in [3.05, 3.63) is 74.9 Å². The maximum atomic E-state index is 13.1. The van der Waals surface area contributed by atoms with Gasteiger partial charge in [-0.2, -0.15) is 0 Å². The number of phenolic OH excluding ortho intramolecular Hbond substituents is 4. The van der Waals surface area contributed by atoms with E-state index in [9.17, 15) is 35.1 Å². The van der Waals surface area contributed by atoms with Gasteiger partial charge >= 0.3 is 5.97 Å². The van der Waals surface area contributed by atoms with Crippen LogP contribution in [-0.2, 0) is 9.53 Å². The van der Waals surface area contributed by atoms with Crippen LogP contribution in [-0.4, -0.2) is 38.6 Å². The van der Waals surface area contributed by atoms with Crippen molar-refractivity contribution in [3.63, 3.8) is 0 Å². The zero-order chi connectivity index (χ0) is 25.4. The van der Waals surface area contributed by atoms with E-state index in [1.165, 1.54) is 13.2 Å². The third-order valence-electron chi connectivity index (χ3n) is 5.57. The van der Waals surface area contributed by atoms with Crippen LogP contribution in [0.2, 0.25) is 5.02 Å². The number of hydrogen-bond acceptors (Lipinski definition) is 9. The van der Waals surface area contributed by atoms with Crippen LogP contribution in [0.3, 0.4) is 0 Å². The summed E-state index contributed by atoms with van der Waals surface area (Å²) in [6, 6.07) is 10.8. The molecule has 1 atom stereocenters. The maximum absolute atomic E-state index is 13.1. The van der Waals surface area contributed by atoms with Crippen LogP contribution < -0.4 is 5.43 Å². The number of rotatable bonds is 5. The summed E-state index contributed by atoms with van der Waals surface area (Å²) in [4.78, 5) is 25.4. The second kappa shape index (κ2) is 9.11. The lowest BCUT2D eigenvalue weighted by molar-refractivity contribution is -0.140. The quantitative estimate of drug-likeness (QED) is 0.199. The molecule has 0 spiro atoms. The molecular formula is C25H19ClO9. The minimum absolute atomic E-state index is 0.0258. The first-order chi connectivity index (χ1) is 16.6. The van der Waals surface area contributed by atoms with Gasteiger partial charge in [0.15, 0.2) is 17.3 Å². The minimum Gasteiger partial charge on any atom is -0.507 e. The molecule has 1 aromatic heterocycles. The van der Waals surface area contributed by atoms with Crippen LogP contribution in [0.25, 0.3) is 22.3 Å². The van der Waals surface area contributed by atoms with Crippen molar-refractivity contribution in [3.8, 4) is 40.1 Å².